The molecule has 0 spiro atoms. The van der Waals surface area contributed by atoms with Crippen molar-refractivity contribution in [3.63, 3.8) is 0 Å². The lowest BCUT2D eigenvalue weighted by Crippen LogP contribution is -2.35. The molecule has 0 bridgehead atoms. The molecule has 2 rings (SSSR count). The molecule has 1 N–H and O–H groups in total. The number of hydrogen-bond acceptors (Lipinski definition) is 2. The van der Waals surface area contributed by atoms with E-state index in [9.17, 15) is 8.78 Å². The van der Waals surface area contributed by atoms with Crippen molar-refractivity contribution in [1.29, 1.82) is 0 Å². The molecule has 94 valence electrons. The second-order valence-electron chi connectivity index (χ2n) is 5.35. The largest absolute Gasteiger partial charge is 0.379 e. The Morgan fingerprint density at radius 3 is 2.82 bits per heavy atom. The number of benzene rings is 1. The van der Waals surface area contributed by atoms with Crippen molar-refractivity contribution in [3.8, 4) is 0 Å². The van der Waals surface area contributed by atoms with Crippen LogP contribution in [0.15, 0.2) is 18.2 Å². The maximum absolute atomic E-state index is 13.5. The maximum Gasteiger partial charge on any atom is 0.146 e. The van der Waals surface area contributed by atoms with Crippen molar-refractivity contribution in [2.75, 3.05) is 16.8 Å². The van der Waals surface area contributed by atoms with Crippen LogP contribution in [0.3, 0.4) is 0 Å². The van der Waals surface area contributed by atoms with E-state index in [0.29, 0.717) is 0 Å². The molecule has 1 heterocycles. The van der Waals surface area contributed by atoms with Crippen molar-refractivity contribution in [2.45, 2.75) is 26.3 Å². The predicted molar refractivity (Wildman–Crippen MR) is 69.5 cm³/mol. The Morgan fingerprint density at radius 1 is 1.35 bits per heavy atom. The third-order valence-corrected chi connectivity index (χ3v) is 4.52. The van der Waals surface area contributed by atoms with Gasteiger partial charge in [-0.05, 0) is 35.8 Å². The zero-order valence-corrected chi connectivity index (χ0v) is 10.9. The van der Waals surface area contributed by atoms with E-state index >= 15 is 0 Å². The van der Waals surface area contributed by atoms with E-state index in [4.69, 9.17) is 0 Å². The number of thioether (sulfide) groups is 1. The van der Waals surface area contributed by atoms with Crippen molar-refractivity contribution in [2.24, 2.45) is 5.41 Å². The van der Waals surface area contributed by atoms with Gasteiger partial charge in [0, 0.05) is 11.8 Å². The van der Waals surface area contributed by atoms with E-state index in [1.165, 1.54) is 12.1 Å². The summed E-state index contributed by atoms with van der Waals surface area (Å²) in [4.78, 5) is 0. The van der Waals surface area contributed by atoms with Crippen LogP contribution in [-0.4, -0.2) is 17.5 Å². The molecule has 4 heteroatoms. The number of halogens is 2. The van der Waals surface area contributed by atoms with E-state index < -0.39 is 5.82 Å². The average Bonchev–Trinajstić information content (AvgIpc) is 2.22. The predicted octanol–water partition coefficient (Wildman–Crippen LogP) is 3.91. The van der Waals surface area contributed by atoms with Gasteiger partial charge in [-0.25, -0.2) is 8.78 Å². The topological polar surface area (TPSA) is 12.0 Å². The molecule has 1 saturated heterocycles. The minimum Gasteiger partial charge on any atom is -0.379 e. The van der Waals surface area contributed by atoms with Crippen LogP contribution in [0.2, 0.25) is 0 Å². The molecule has 1 fully saturated rings. The van der Waals surface area contributed by atoms with Gasteiger partial charge in [-0.3, -0.25) is 0 Å². The summed E-state index contributed by atoms with van der Waals surface area (Å²) in [5.41, 5.74) is 0.526. The zero-order valence-electron chi connectivity index (χ0n) is 10.1. The van der Waals surface area contributed by atoms with E-state index in [0.717, 1.165) is 24.0 Å². The molecule has 1 aliphatic heterocycles. The van der Waals surface area contributed by atoms with Gasteiger partial charge in [-0.15, -0.1) is 0 Å². The highest BCUT2D eigenvalue weighted by molar-refractivity contribution is 7.99. The van der Waals surface area contributed by atoms with Crippen molar-refractivity contribution in [1.82, 2.24) is 0 Å². The first-order valence-corrected chi connectivity index (χ1v) is 6.91. The molecule has 1 nitrogen and oxygen atoms in total. The van der Waals surface area contributed by atoms with Crippen molar-refractivity contribution < 1.29 is 8.78 Å². The smallest absolute Gasteiger partial charge is 0.146 e. The quantitative estimate of drug-likeness (QED) is 0.862. The van der Waals surface area contributed by atoms with Gasteiger partial charge in [-0.2, -0.15) is 11.8 Å². The van der Waals surface area contributed by atoms with Crippen LogP contribution in [0.25, 0.3) is 0 Å². The lowest BCUT2D eigenvalue weighted by Gasteiger charge is -2.35. The Morgan fingerprint density at radius 2 is 2.12 bits per heavy atom. The highest BCUT2D eigenvalue weighted by Gasteiger charge is 2.28. The lowest BCUT2D eigenvalue weighted by molar-refractivity contribution is 0.357. The highest BCUT2D eigenvalue weighted by Crippen LogP contribution is 2.35. The summed E-state index contributed by atoms with van der Waals surface area (Å²) in [7, 11) is 0. The van der Waals surface area contributed by atoms with Crippen LogP contribution in [-0.2, 0) is 0 Å². The standard InChI is InChI=1S/C13H17F2NS/c1-13(2)6-10(7-17-8-13)16-12-5-9(14)3-4-11(12)15/h3-5,10,16H,6-8H2,1-2H3. The van der Waals surface area contributed by atoms with Gasteiger partial charge in [-0.1, -0.05) is 13.8 Å². The first-order valence-electron chi connectivity index (χ1n) is 5.76. The fraction of sp³-hybridized carbons (Fsp3) is 0.538. The minimum atomic E-state index is -0.406. The summed E-state index contributed by atoms with van der Waals surface area (Å²) < 4.78 is 26.5. The van der Waals surface area contributed by atoms with Gasteiger partial charge in [0.25, 0.3) is 0 Å². The molecule has 0 aromatic heterocycles. The maximum atomic E-state index is 13.5. The minimum absolute atomic E-state index is 0.208. The van der Waals surface area contributed by atoms with Gasteiger partial charge >= 0.3 is 0 Å². The van der Waals surface area contributed by atoms with Crippen molar-refractivity contribution in [3.05, 3.63) is 29.8 Å². The monoisotopic (exact) mass is 257 g/mol. The van der Waals surface area contributed by atoms with Gasteiger partial charge in [0.1, 0.15) is 11.6 Å². The molecule has 1 aliphatic rings. The van der Waals surface area contributed by atoms with Gasteiger partial charge in [0.2, 0.25) is 0 Å². The molecule has 0 aliphatic carbocycles. The van der Waals surface area contributed by atoms with Crippen LogP contribution in [0, 0.1) is 17.0 Å². The second-order valence-corrected chi connectivity index (χ2v) is 6.38. The van der Waals surface area contributed by atoms with E-state index in [2.05, 4.69) is 19.2 Å². The third-order valence-electron chi connectivity index (χ3n) is 2.90. The highest BCUT2D eigenvalue weighted by atomic mass is 32.2. The molecule has 1 aromatic rings. The summed E-state index contributed by atoms with van der Waals surface area (Å²) in [6.45, 7) is 4.41. The van der Waals surface area contributed by atoms with Crippen LogP contribution >= 0.6 is 11.8 Å². The molecule has 1 unspecified atom stereocenters. The Bertz CT molecular complexity index is 406. The van der Waals surface area contributed by atoms with Crippen LogP contribution < -0.4 is 5.32 Å². The Labute approximate surface area is 105 Å². The molecule has 0 saturated carbocycles. The summed E-state index contributed by atoms with van der Waals surface area (Å²) >= 11 is 1.86. The van der Waals surface area contributed by atoms with Crippen LogP contribution in [0.4, 0.5) is 14.5 Å². The summed E-state index contributed by atoms with van der Waals surface area (Å²) in [6, 6.07) is 3.74. The van der Waals surface area contributed by atoms with Crippen LogP contribution in [0.5, 0.6) is 0 Å². The number of anilines is 1. The second kappa shape index (κ2) is 4.84. The molecule has 0 amide bonds. The summed E-state index contributed by atoms with van der Waals surface area (Å²) in [5, 5.41) is 3.11. The fourth-order valence-electron chi connectivity index (χ4n) is 2.18. The molecular weight excluding hydrogens is 240 g/mol. The Hall–Kier alpha value is -0.770. The lowest BCUT2D eigenvalue weighted by atomic mass is 9.88. The van der Waals surface area contributed by atoms with Gasteiger partial charge in [0.05, 0.1) is 5.69 Å². The van der Waals surface area contributed by atoms with E-state index in [1.54, 1.807) is 0 Å². The fourth-order valence-corrected chi connectivity index (χ4v) is 3.46. The molecule has 1 atom stereocenters. The first-order chi connectivity index (χ1) is 7.96. The van der Waals surface area contributed by atoms with Gasteiger partial charge in [0.15, 0.2) is 0 Å². The third kappa shape index (κ3) is 3.35. The normalized spacial score (nSPS) is 23.4. The van der Waals surface area contributed by atoms with Gasteiger partial charge < -0.3 is 5.32 Å². The number of hydrogen-bond donors (Lipinski definition) is 1. The molecule has 17 heavy (non-hydrogen) atoms. The number of nitrogens with one attached hydrogen (secondary N) is 1. The van der Waals surface area contributed by atoms with Crippen LogP contribution in [0.1, 0.15) is 20.3 Å². The molecule has 0 radical (unpaired) electrons. The Balaban J connectivity index is 2.07. The average molecular weight is 257 g/mol. The summed E-state index contributed by atoms with van der Waals surface area (Å²) in [5.74, 6) is 1.27. The van der Waals surface area contributed by atoms with Crippen molar-refractivity contribution >= 4 is 17.4 Å². The molecule has 1 aromatic carbocycles. The first kappa shape index (κ1) is 12.7. The molecular formula is C13H17F2NS. The van der Waals surface area contributed by atoms with E-state index in [-0.39, 0.29) is 23.0 Å². The Kier molecular flexibility index (Phi) is 3.61. The zero-order chi connectivity index (χ0) is 12.5. The SMILES string of the molecule is CC1(C)CSCC(Nc2cc(F)ccc2F)C1. The number of rotatable bonds is 2. The summed E-state index contributed by atoms with van der Waals surface area (Å²) in [6.07, 6.45) is 0.982. The van der Waals surface area contributed by atoms with E-state index in [1.807, 2.05) is 11.8 Å².